The highest BCUT2D eigenvalue weighted by Crippen LogP contribution is 2.14. The van der Waals surface area contributed by atoms with E-state index in [0.717, 1.165) is 31.6 Å². The molecule has 5 heteroatoms. The number of carbonyl (C=O) groups is 2. The Morgan fingerprint density at radius 2 is 1.61 bits per heavy atom. The van der Waals surface area contributed by atoms with E-state index >= 15 is 0 Å². The SMILES string of the molecule is CC(C)[C@H](NC(=O)Nc1ccccc1)C(=O)N1CCCCCC1. The molecule has 1 aromatic rings. The lowest BCUT2D eigenvalue weighted by Crippen LogP contribution is -2.52. The van der Waals surface area contributed by atoms with E-state index in [-0.39, 0.29) is 17.9 Å². The van der Waals surface area contributed by atoms with Gasteiger partial charge in [0.05, 0.1) is 0 Å². The minimum atomic E-state index is -0.489. The summed E-state index contributed by atoms with van der Waals surface area (Å²) in [6, 6.07) is 8.43. The van der Waals surface area contributed by atoms with Crippen molar-refractivity contribution in [2.45, 2.75) is 45.6 Å². The minimum Gasteiger partial charge on any atom is -0.341 e. The van der Waals surface area contributed by atoms with Crippen molar-refractivity contribution in [3.63, 3.8) is 0 Å². The van der Waals surface area contributed by atoms with Gasteiger partial charge in [-0.05, 0) is 30.9 Å². The number of hydrogen-bond acceptors (Lipinski definition) is 2. The van der Waals surface area contributed by atoms with Gasteiger partial charge in [-0.2, -0.15) is 0 Å². The smallest absolute Gasteiger partial charge is 0.319 e. The number of para-hydroxylation sites is 1. The molecule has 126 valence electrons. The molecular formula is C18H27N3O2. The van der Waals surface area contributed by atoms with E-state index in [1.807, 2.05) is 49.1 Å². The van der Waals surface area contributed by atoms with Gasteiger partial charge >= 0.3 is 6.03 Å². The number of nitrogens with one attached hydrogen (secondary N) is 2. The fourth-order valence-electron chi connectivity index (χ4n) is 2.83. The number of rotatable bonds is 4. The summed E-state index contributed by atoms with van der Waals surface area (Å²) in [7, 11) is 0. The molecule has 1 fully saturated rings. The van der Waals surface area contributed by atoms with Crippen LogP contribution >= 0.6 is 0 Å². The van der Waals surface area contributed by atoms with Crippen molar-refractivity contribution in [1.29, 1.82) is 0 Å². The molecule has 1 aliphatic rings. The Balaban J connectivity index is 1.97. The summed E-state index contributed by atoms with van der Waals surface area (Å²) in [6.07, 6.45) is 4.45. The van der Waals surface area contributed by atoms with Crippen LogP contribution in [0.1, 0.15) is 39.5 Å². The summed E-state index contributed by atoms with van der Waals surface area (Å²) in [5.41, 5.74) is 0.717. The highest BCUT2D eigenvalue weighted by Gasteiger charge is 2.28. The van der Waals surface area contributed by atoms with Crippen LogP contribution in [0.3, 0.4) is 0 Å². The van der Waals surface area contributed by atoms with Gasteiger partial charge in [-0.25, -0.2) is 4.79 Å². The molecule has 1 heterocycles. The molecule has 2 rings (SSSR count). The van der Waals surface area contributed by atoms with Crippen LogP contribution in [-0.2, 0) is 4.79 Å². The van der Waals surface area contributed by atoms with Gasteiger partial charge in [-0.1, -0.05) is 44.9 Å². The second-order valence-electron chi connectivity index (χ2n) is 6.43. The third kappa shape index (κ3) is 5.27. The molecule has 5 nitrogen and oxygen atoms in total. The van der Waals surface area contributed by atoms with Crippen molar-refractivity contribution in [2.24, 2.45) is 5.92 Å². The Morgan fingerprint density at radius 3 is 2.17 bits per heavy atom. The molecule has 0 bridgehead atoms. The number of carbonyl (C=O) groups excluding carboxylic acids is 2. The molecule has 0 aliphatic carbocycles. The summed E-state index contributed by atoms with van der Waals surface area (Å²) in [6.45, 7) is 5.51. The third-order valence-corrected chi connectivity index (χ3v) is 4.17. The molecule has 0 aromatic heterocycles. The largest absolute Gasteiger partial charge is 0.341 e. The zero-order chi connectivity index (χ0) is 16.7. The minimum absolute atomic E-state index is 0.0325. The van der Waals surface area contributed by atoms with E-state index in [1.54, 1.807) is 0 Å². The highest BCUT2D eigenvalue weighted by atomic mass is 16.2. The Kier molecular flexibility index (Phi) is 6.44. The van der Waals surface area contributed by atoms with Crippen LogP contribution in [0.15, 0.2) is 30.3 Å². The molecule has 1 aromatic carbocycles. The maximum absolute atomic E-state index is 12.8. The van der Waals surface area contributed by atoms with Gasteiger partial charge in [0.25, 0.3) is 0 Å². The topological polar surface area (TPSA) is 61.4 Å². The molecule has 23 heavy (non-hydrogen) atoms. The van der Waals surface area contributed by atoms with Crippen LogP contribution in [0.25, 0.3) is 0 Å². The fourth-order valence-corrected chi connectivity index (χ4v) is 2.83. The molecule has 1 atom stereocenters. The standard InChI is InChI=1S/C18H27N3O2/c1-14(2)16(17(22)21-12-8-3-4-9-13-21)20-18(23)19-15-10-6-5-7-11-15/h5-7,10-11,14,16H,3-4,8-9,12-13H2,1-2H3,(H2,19,20,23)/t16-/m0/s1. The number of benzene rings is 1. The zero-order valence-electron chi connectivity index (χ0n) is 14.0. The summed E-state index contributed by atoms with van der Waals surface area (Å²) in [5, 5.41) is 5.62. The van der Waals surface area contributed by atoms with E-state index in [1.165, 1.54) is 12.8 Å². The summed E-state index contributed by atoms with van der Waals surface area (Å²) >= 11 is 0. The summed E-state index contributed by atoms with van der Waals surface area (Å²) < 4.78 is 0. The van der Waals surface area contributed by atoms with Crippen LogP contribution in [0, 0.1) is 5.92 Å². The molecule has 0 spiro atoms. The molecule has 3 amide bonds. The third-order valence-electron chi connectivity index (χ3n) is 4.17. The Labute approximate surface area is 138 Å². The van der Waals surface area contributed by atoms with E-state index in [9.17, 15) is 9.59 Å². The lowest BCUT2D eigenvalue weighted by Gasteiger charge is -2.29. The van der Waals surface area contributed by atoms with Crippen molar-refractivity contribution < 1.29 is 9.59 Å². The van der Waals surface area contributed by atoms with E-state index < -0.39 is 6.04 Å². The van der Waals surface area contributed by atoms with Crippen molar-refractivity contribution >= 4 is 17.6 Å². The van der Waals surface area contributed by atoms with Crippen LogP contribution < -0.4 is 10.6 Å². The van der Waals surface area contributed by atoms with Gasteiger partial charge in [0.15, 0.2) is 0 Å². The first-order chi connectivity index (χ1) is 11.1. The van der Waals surface area contributed by atoms with Crippen LogP contribution in [0.4, 0.5) is 10.5 Å². The first-order valence-corrected chi connectivity index (χ1v) is 8.49. The molecular weight excluding hydrogens is 290 g/mol. The Morgan fingerprint density at radius 1 is 1.00 bits per heavy atom. The average molecular weight is 317 g/mol. The maximum Gasteiger partial charge on any atom is 0.319 e. The first-order valence-electron chi connectivity index (χ1n) is 8.49. The van der Waals surface area contributed by atoms with Gasteiger partial charge in [0.2, 0.25) is 5.91 Å². The average Bonchev–Trinajstić information content (AvgIpc) is 2.82. The van der Waals surface area contributed by atoms with E-state index in [0.29, 0.717) is 0 Å². The van der Waals surface area contributed by atoms with Crippen LogP contribution in [-0.4, -0.2) is 36.0 Å². The summed E-state index contributed by atoms with van der Waals surface area (Å²) in [5.74, 6) is 0.0809. The zero-order valence-corrected chi connectivity index (χ0v) is 14.0. The second-order valence-corrected chi connectivity index (χ2v) is 6.43. The maximum atomic E-state index is 12.8. The van der Waals surface area contributed by atoms with E-state index in [4.69, 9.17) is 0 Å². The van der Waals surface area contributed by atoms with Gasteiger partial charge in [0.1, 0.15) is 6.04 Å². The van der Waals surface area contributed by atoms with Crippen molar-refractivity contribution in [2.75, 3.05) is 18.4 Å². The molecule has 0 unspecified atom stereocenters. The number of anilines is 1. The lowest BCUT2D eigenvalue weighted by atomic mass is 10.0. The van der Waals surface area contributed by atoms with Gasteiger partial charge in [-0.3, -0.25) is 4.79 Å². The van der Waals surface area contributed by atoms with Crippen LogP contribution in [0.2, 0.25) is 0 Å². The second kappa shape index (κ2) is 8.56. The number of likely N-dealkylation sites (tertiary alicyclic amines) is 1. The van der Waals surface area contributed by atoms with Crippen molar-refractivity contribution in [3.05, 3.63) is 30.3 Å². The summed E-state index contributed by atoms with van der Waals surface area (Å²) in [4.78, 5) is 26.9. The number of amides is 3. The Bertz CT molecular complexity index is 508. The highest BCUT2D eigenvalue weighted by molar-refractivity contribution is 5.93. The molecule has 1 saturated heterocycles. The van der Waals surface area contributed by atoms with Crippen molar-refractivity contribution in [3.8, 4) is 0 Å². The van der Waals surface area contributed by atoms with Gasteiger partial charge in [0, 0.05) is 18.8 Å². The monoisotopic (exact) mass is 317 g/mol. The molecule has 1 aliphatic heterocycles. The number of nitrogens with zero attached hydrogens (tertiary/aromatic N) is 1. The lowest BCUT2D eigenvalue weighted by molar-refractivity contribution is -0.134. The van der Waals surface area contributed by atoms with Crippen molar-refractivity contribution in [1.82, 2.24) is 10.2 Å². The normalized spacial score (nSPS) is 16.6. The number of hydrogen-bond donors (Lipinski definition) is 2. The predicted molar refractivity (Wildman–Crippen MR) is 92.3 cm³/mol. The molecule has 2 N–H and O–H groups in total. The predicted octanol–water partition coefficient (Wildman–Crippen LogP) is 3.24. The van der Waals surface area contributed by atoms with E-state index in [2.05, 4.69) is 10.6 Å². The van der Waals surface area contributed by atoms with Crippen LogP contribution in [0.5, 0.6) is 0 Å². The number of urea groups is 1. The quantitative estimate of drug-likeness (QED) is 0.895. The fraction of sp³-hybridized carbons (Fsp3) is 0.556. The van der Waals surface area contributed by atoms with Gasteiger partial charge in [-0.15, -0.1) is 0 Å². The molecule has 0 radical (unpaired) electrons. The van der Waals surface area contributed by atoms with Gasteiger partial charge < -0.3 is 15.5 Å². The first kappa shape index (κ1) is 17.3. The Hall–Kier alpha value is -2.04. The molecule has 0 saturated carbocycles.